The molecule has 134 valence electrons. The Kier molecular flexibility index (Phi) is 5.71. The molecule has 3 rings (SSSR count). The number of nitrogens with zero attached hydrogens (tertiary/aromatic N) is 2. The summed E-state index contributed by atoms with van der Waals surface area (Å²) in [5.74, 6) is 0.658. The van der Waals surface area contributed by atoms with Crippen molar-refractivity contribution in [2.24, 2.45) is 0 Å². The van der Waals surface area contributed by atoms with E-state index < -0.39 is 10.0 Å². The quantitative estimate of drug-likeness (QED) is 0.793. The van der Waals surface area contributed by atoms with Gasteiger partial charge >= 0.3 is 0 Å². The van der Waals surface area contributed by atoms with E-state index in [1.165, 1.54) is 0 Å². The number of methoxy groups -OCH3 is 1. The number of sulfonamides is 1. The lowest BCUT2D eigenvalue weighted by atomic mass is 9.98. The maximum absolute atomic E-state index is 13.1. The Morgan fingerprint density at radius 1 is 1.20 bits per heavy atom. The SMILES string of the molecule is COc1ccc(S(=O)(=O)N2CCCCC2CCc2cccnc2)cc1. The van der Waals surface area contributed by atoms with Crippen molar-refractivity contribution in [1.82, 2.24) is 9.29 Å². The Morgan fingerprint density at radius 2 is 2.00 bits per heavy atom. The second kappa shape index (κ2) is 7.97. The fourth-order valence-electron chi connectivity index (χ4n) is 3.34. The van der Waals surface area contributed by atoms with Crippen LogP contribution in [0.5, 0.6) is 5.75 Å². The Bertz CT molecular complexity index is 776. The molecular weight excluding hydrogens is 336 g/mol. The number of aryl methyl sites for hydroxylation is 1. The van der Waals surface area contributed by atoms with E-state index in [1.54, 1.807) is 41.9 Å². The summed E-state index contributed by atoms with van der Waals surface area (Å²) in [6, 6.07) is 10.6. The summed E-state index contributed by atoms with van der Waals surface area (Å²) in [6.45, 7) is 0.589. The van der Waals surface area contributed by atoms with Crippen LogP contribution in [0, 0.1) is 0 Å². The average Bonchev–Trinajstić information content (AvgIpc) is 2.67. The number of hydrogen-bond donors (Lipinski definition) is 0. The van der Waals surface area contributed by atoms with E-state index in [4.69, 9.17) is 4.74 Å². The minimum Gasteiger partial charge on any atom is -0.497 e. The Hall–Kier alpha value is -1.92. The third-order valence-electron chi connectivity index (χ3n) is 4.73. The third-order valence-corrected chi connectivity index (χ3v) is 6.69. The topological polar surface area (TPSA) is 59.5 Å². The van der Waals surface area contributed by atoms with Gasteiger partial charge in [0.1, 0.15) is 5.75 Å². The van der Waals surface area contributed by atoms with Gasteiger partial charge in [0.25, 0.3) is 0 Å². The fourth-order valence-corrected chi connectivity index (χ4v) is 5.06. The number of aromatic nitrogens is 1. The zero-order chi connectivity index (χ0) is 17.7. The molecule has 5 nitrogen and oxygen atoms in total. The second-order valence-electron chi connectivity index (χ2n) is 6.34. The summed E-state index contributed by atoms with van der Waals surface area (Å²) in [4.78, 5) is 4.47. The van der Waals surface area contributed by atoms with E-state index in [2.05, 4.69) is 4.98 Å². The zero-order valence-electron chi connectivity index (χ0n) is 14.5. The van der Waals surface area contributed by atoms with Crippen molar-refractivity contribution in [2.45, 2.75) is 43.0 Å². The Balaban J connectivity index is 1.76. The summed E-state index contributed by atoms with van der Waals surface area (Å²) in [5.41, 5.74) is 1.15. The number of rotatable bonds is 6. The van der Waals surface area contributed by atoms with Gasteiger partial charge in [0.15, 0.2) is 0 Å². The van der Waals surface area contributed by atoms with Crippen LogP contribution in [0.3, 0.4) is 0 Å². The lowest BCUT2D eigenvalue weighted by Gasteiger charge is -2.34. The van der Waals surface area contributed by atoms with Crippen molar-refractivity contribution in [1.29, 1.82) is 0 Å². The predicted molar refractivity (Wildman–Crippen MR) is 97.1 cm³/mol. The molecule has 0 aliphatic carbocycles. The lowest BCUT2D eigenvalue weighted by Crippen LogP contribution is -2.43. The summed E-state index contributed by atoms with van der Waals surface area (Å²) < 4.78 is 33.0. The molecule has 1 fully saturated rings. The number of piperidine rings is 1. The smallest absolute Gasteiger partial charge is 0.243 e. The maximum Gasteiger partial charge on any atom is 0.243 e. The normalized spacial score (nSPS) is 18.8. The molecule has 6 heteroatoms. The number of hydrogen-bond acceptors (Lipinski definition) is 4. The van der Waals surface area contributed by atoms with Crippen LogP contribution in [0.25, 0.3) is 0 Å². The molecule has 25 heavy (non-hydrogen) atoms. The van der Waals surface area contributed by atoms with Crippen LogP contribution in [0.15, 0.2) is 53.7 Å². The van der Waals surface area contributed by atoms with Crippen LogP contribution in [-0.4, -0.2) is 37.4 Å². The van der Waals surface area contributed by atoms with Crippen molar-refractivity contribution in [3.05, 3.63) is 54.4 Å². The molecule has 1 saturated heterocycles. The van der Waals surface area contributed by atoms with Gasteiger partial charge in [-0.15, -0.1) is 0 Å². The number of ether oxygens (including phenoxy) is 1. The van der Waals surface area contributed by atoms with Crippen LogP contribution >= 0.6 is 0 Å². The molecule has 2 heterocycles. The van der Waals surface area contributed by atoms with E-state index in [1.807, 2.05) is 18.3 Å². The molecule has 0 N–H and O–H groups in total. The zero-order valence-corrected chi connectivity index (χ0v) is 15.3. The van der Waals surface area contributed by atoms with Gasteiger partial charge in [0.05, 0.1) is 12.0 Å². The van der Waals surface area contributed by atoms with E-state index in [0.717, 1.165) is 37.7 Å². The van der Waals surface area contributed by atoms with Crippen molar-refractivity contribution >= 4 is 10.0 Å². The molecular formula is C19H24N2O3S. The molecule has 0 spiro atoms. The molecule has 1 aliphatic heterocycles. The van der Waals surface area contributed by atoms with E-state index >= 15 is 0 Å². The van der Waals surface area contributed by atoms with Crippen LogP contribution in [0.4, 0.5) is 0 Å². The second-order valence-corrected chi connectivity index (χ2v) is 8.23. The first-order valence-electron chi connectivity index (χ1n) is 8.66. The summed E-state index contributed by atoms with van der Waals surface area (Å²) in [6.07, 6.45) is 8.17. The van der Waals surface area contributed by atoms with Gasteiger partial charge in [0.2, 0.25) is 10.0 Å². The van der Waals surface area contributed by atoms with Gasteiger partial charge in [-0.2, -0.15) is 4.31 Å². The number of benzene rings is 1. The standard InChI is InChI=1S/C19H24N2O3S/c1-24-18-9-11-19(12-10-18)25(22,23)21-14-3-2-6-17(21)8-7-16-5-4-13-20-15-16/h4-5,9-13,15,17H,2-3,6-8,14H2,1H3. The third kappa shape index (κ3) is 4.19. The average molecular weight is 360 g/mol. The first-order chi connectivity index (χ1) is 12.1. The van der Waals surface area contributed by atoms with Gasteiger partial charge < -0.3 is 4.74 Å². The van der Waals surface area contributed by atoms with Gasteiger partial charge in [-0.3, -0.25) is 4.98 Å². The summed E-state index contributed by atoms with van der Waals surface area (Å²) in [5, 5.41) is 0. The lowest BCUT2D eigenvalue weighted by molar-refractivity contribution is 0.241. The molecule has 0 bridgehead atoms. The van der Waals surface area contributed by atoms with Crippen LogP contribution in [0.1, 0.15) is 31.2 Å². The molecule has 1 unspecified atom stereocenters. The first-order valence-corrected chi connectivity index (χ1v) is 10.1. The number of pyridine rings is 1. The first kappa shape index (κ1) is 17.9. The minimum atomic E-state index is -3.48. The van der Waals surface area contributed by atoms with Gasteiger partial charge in [-0.1, -0.05) is 12.5 Å². The predicted octanol–water partition coefficient (Wildman–Crippen LogP) is 3.27. The molecule has 1 aromatic carbocycles. The highest BCUT2D eigenvalue weighted by atomic mass is 32.2. The maximum atomic E-state index is 13.1. The molecule has 1 aromatic heterocycles. The highest BCUT2D eigenvalue weighted by Gasteiger charge is 2.33. The summed E-state index contributed by atoms with van der Waals surface area (Å²) >= 11 is 0. The van der Waals surface area contributed by atoms with Crippen molar-refractivity contribution in [2.75, 3.05) is 13.7 Å². The highest BCUT2D eigenvalue weighted by molar-refractivity contribution is 7.89. The van der Waals surface area contributed by atoms with E-state index in [-0.39, 0.29) is 6.04 Å². The highest BCUT2D eigenvalue weighted by Crippen LogP contribution is 2.28. The monoisotopic (exact) mass is 360 g/mol. The molecule has 0 amide bonds. The van der Waals surface area contributed by atoms with Crippen molar-refractivity contribution in [3.63, 3.8) is 0 Å². The fraction of sp³-hybridized carbons (Fsp3) is 0.421. The van der Waals surface area contributed by atoms with Crippen LogP contribution < -0.4 is 4.74 Å². The van der Waals surface area contributed by atoms with Crippen molar-refractivity contribution < 1.29 is 13.2 Å². The molecule has 0 saturated carbocycles. The summed E-state index contributed by atoms with van der Waals surface area (Å²) in [7, 11) is -1.91. The van der Waals surface area contributed by atoms with Crippen LogP contribution in [0.2, 0.25) is 0 Å². The molecule has 2 aromatic rings. The largest absolute Gasteiger partial charge is 0.497 e. The van der Waals surface area contributed by atoms with Crippen LogP contribution in [-0.2, 0) is 16.4 Å². The van der Waals surface area contributed by atoms with Gasteiger partial charge in [0, 0.05) is 25.0 Å². The van der Waals surface area contributed by atoms with E-state index in [9.17, 15) is 8.42 Å². The van der Waals surface area contributed by atoms with Crippen molar-refractivity contribution in [3.8, 4) is 5.75 Å². The Morgan fingerprint density at radius 3 is 2.68 bits per heavy atom. The Labute approximate surface area is 149 Å². The van der Waals surface area contributed by atoms with E-state index in [0.29, 0.717) is 17.2 Å². The van der Waals surface area contributed by atoms with Gasteiger partial charge in [-0.25, -0.2) is 8.42 Å². The minimum absolute atomic E-state index is 0.0426. The molecule has 1 aliphatic rings. The molecule has 0 radical (unpaired) electrons. The van der Waals surface area contributed by atoms with Gasteiger partial charge in [-0.05, 0) is 61.6 Å². The molecule has 1 atom stereocenters.